The van der Waals surface area contributed by atoms with Gasteiger partial charge < -0.3 is 9.15 Å². The highest BCUT2D eigenvalue weighted by Gasteiger charge is 2.16. The van der Waals surface area contributed by atoms with Crippen molar-refractivity contribution in [2.24, 2.45) is 0 Å². The maximum atomic E-state index is 11.1. The molecule has 0 spiro atoms. The molecule has 6 nitrogen and oxygen atoms in total. The van der Waals surface area contributed by atoms with E-state index in [1.165, 1.54) is 6.39 Å². The third-order valence-electron chi connectivity index (χ3n) is 4.48. The van der Waals surface area contributed by atoms with Gasteiger partial charge in [-0.2, -0.15) is 0 Å². The van der Waals surface area contributed by atoms with Gasteiger partial charge in [-0.05, 0) is 41.5 Å². The van der Waals surface area contributed by atoms with Crippen LogP contribution in [0.2, 0.25) is 0 Å². The second-order valence-electron chi connectivity index (χ2n) is 6.41. The first-order valence-corrected chi connectivity index (χ1v) is 9.38. The van der Waals surface area contributed by atoms with Crippen LogP contribution in [-0.4, -0.2) is 16.5 Å². The predicted octanol–water partition coefficient (Wildman–Crippen LogP) is 5.54. The van der Waals surface area contributed by atoms with Gasteiger partial charge in [0.05, 0.1) is 17.6 Å². The van der Waals surface area contributed by atoms with E-state index in [9.17, 15) is 4.79 Å². The van der Waals surface area contributed by atoms with E-state index in [-0.39, 0.29) is 0 Å². The van der Waals surface area contributed by atoms with Crippen molar-refractivity contribution >= 4 is 29.8 Å². The number of aldehydes is 1. The molecule has 0 N–H and O–H groups in total. The highest BCUT2D eigenvalue weighted by atomic mass is 16.5. The molecule has 0 amide bonds. The fourth-order valence-corrected chi connectivity index (χ4v) is 2.99. The summed E-state index contributed by atoms with van der Waals surface area (Å²) < 4.78 is 11.0. The van der Waals surface area contributed by atoms with Gasteiger partial charge in [0.2, 0.25) is 6.39 Å². The number of benzene rings is 3. The molecule has 0 aliphatic carbocycles. The average molecular weight is 397 g/mol. The van der Waals surface area contributed by atoms with Crippen molar-refractivity contribution in [1.29, 1.82) is 0 Å². The number of para-hydroxylation sites is 1. The Balaban J connectivity index is 1.46. The van der Waals surface area contributed by atoms with Crippen LogP contribution in [0.4, 0.5) is 17.4 Å². The molecule has 0 saturated carbocycles. The molecular weight excluding hydrogens is 378 g/mol. The Bertz CT molecular complexity index is 1110. The summed E-state index contributed by atoms with van der Waals surface area (Å²) in [6, 6.07) is 25.5. The van der Waals surface area contributed by atoms with Gasteiger partial charge in [-0.3, -0.25) is 9.69 Å². The lowest BCUT2D eigenvalue weighted by Gasteiger charge is -2.20. The molecule has 3 aromatic carbocycles. The second kappa shape index (κ2) is 9.34. The molecule has 1 aromatic heterocycles. The van der Waals surface area contributed by atoms with Gasteiger partial charge in [0.1, 0.15) is 12.9 Å². The molecule has 4 aromatic rings. The van der Waals surface area contributed by atoms with Gasteiger partial charge in [0, 0.05) is 5.56 Å². The van der Waals surface area contributed by atoms with E-state index in [1.54, 1.807) is 12.3 Å². The van der Waals surface area contributed by atoms with E-state index in [2.05, 4.69) is 10.2 Å². The molecule has 4 rings (SSSR count). The van der Waals surface area contributed by atoms with Gasteiger partial charge in [-0.15, -0.1) is 5.10 Å². The summed E-state index contributed by atoms with van der Waals surface area (Å²) in [7, 11) is 0. The maximum Gasteiger partial charge on any atom is 0.327 e. The molecule has 1 heterocycles. The molecular formula is C24H19N3O3. The van der Waals surface area contributed by atoms with Gasteiger partial charge in [-0.25, -0.2) is 0 Å². The molecule has 0 bridgehead atoms. The van der Waals surface area contributed by atoms with E-state index >= 15 is 0 Å². The highest BCUT2D eigenvalue weighted by molar-refractivity contribution is 5.77. The highest BCUT2D eigenvalue weighted by Crippen LogP contribution is 2.32. The predicted molar refractivity (Wildman–Crippen MR) is 115 cm³/mol. The van der Waals surface area contributed by atoms with Gasteiger partial charge in [-0.1, -0.05) is 59.7 Å². The van der Waals surface area contributed by atoms with Crippen LogP contribution >= 0.6 is 0 Å². The first-order chi connectivity index (χ1) is 14.8. The standard InChI is InChI=1S/C24H19N3O3/c28-16-20-6-4-5-7-21(20)17-29-15-14-19-10-12-23(13-11-19)27(24-26-25-18-30-24)22-8-2-1-3-9-22/h1-16,18H,17H2/b15-14-. The first-order valence-electron chi connectivity index (χ1n) is 9.38. The lowest BCUT2D eigenvalue weighted by atomic mass is 10.1. The molecule has 6 heteroatoms. The number of carbonyl (C=O) groups is 1. The van der Waals surface area contributed by atoms with Crippen LogP contribution in [0.3, 0.4) is 0 Å². The summed E-state index contributed by atoms with van der Waals surface area (Å²) >= 11 is 0. The topological polar surface area (TPSA) is 68.5 Å². The van der Waals surface area contributed by atoms with Crippen molar-refractivity contribution in [2.45, 2.75) is 6.61 Å². The van der Waals surface area contributed by atoms with Gasteiger partial charge in [0.25, 0.3) is 0 Å². The number of nitrogens with zero attached hydrogens (tertiary/aromatic N) is 3. The Morgan fingerprint density at radius 3 is 2.37 bits per heavy atom. The summed E-state index contributed by atoms with van der Waals surface area (Å²) in [5.41, 5.74) is 4.27. The number of aromatic nitrogens is 2. The third kappa shape index (κ3) is 4.44. The Hall–Kier alpha value is -4.19. The van der Waals surface area contributed by atoms with Crippen LogP contribution in [0, 0.1) is 0 Å². The van der Waals surface area contributed by atoms with Gasteiger partial charge in [0.15, 0.2) is 0 Å². The average Bonchev–Trinajstić information content (AvgIpc) is 3.33. The molecule has 0 aliphatic rings. The Morgan fingerprint density at radius 2 is 1.63 bits per heavy atom. The summed E-state index contributed by atoms with van der Waals surface area (Å²) in [4.78, 5) is 12.9. The van der Waals surface area contributed by atoms with Gasteiger partial charge >= 0.3 is 6.01 Å². The van der Waals surface area contributed by atoms with Crippen LogP contribution in [0.15, 0.2) is 95.9 Å². The van der Waals surface area contributed by atoms with Crippen LogP contribution in [-0.2, 0) is 11.3 Å². The Kier molecular flexibility index (Phi) is 5.96. The Morgan fingerprint density at radius 1 is 0.900 bits per heavy atom. The number of ether oxygens (including phenoxy) is 1. The summed E-state index contributed by atoms with van der Waals surface area (Å²) in [5.74, 6) is 0. The van der Waals surface area contributed by atoms with Crippen LogP contribution in [0.1, 0.15) is 21.5 Å². The minimum atomic E-state index is 0.336. The van der Waals surface area contributed by atoms with Crippen molar-refractivity contribution in [1.82, 2.24) is 10.2 Å². The number of hydrogen-bond donors (Lipinski definition) is 0. The largest absolute Gasteiger partial charge is 0.496 e. The first kappa shape index (κ1) is 19.1. The summed E-state index contributed by atoms with van der Waals surface area (Å²) in [6.07, 6.45) is 5.64. The monoisotopic (exact) mass is 397 g/mol. The lowest BCUT2D eigenvalue weighted by Crippen LogP contribution is -2.10. The van der Waals surface area contributed by atoms with Crippen molar-refractivity contribution in [3.05, 3.63) is 108 Å². The number of hydrogen-bond acceptors (Lipinski definition) is 6. The number of rotatable bonds is 8. The Labute approximate surface area is 174 Å². The zero-order valence-corrected chi connectivity index (χ0v) is 16.1. The number of anilines is 3. The molecule has 0 unspecified atom stereocenters. The minimum Gasteiger partial charge on any atom is -0.496 e. The zero-order chi connectivity index (χ0) is 20.6. The van der Waals surface area contributed by atoms with Crippen molar-refractivity contribution in [3.63, 3.8) is 0 Å². The molecule has 0 atom stereocenters. The SMILES string of the molecule is O=Cc1ccccc1CO/C=C\c1ccc(N(c2ccccc2)c2nnco2)cc1. The molecule has 0 saturated heterocycles. The summed E-state index contributed by atoms with van der Waals surface area (Å²) in [5, 5.41) is 7.84. The second-order valence-corrected chi connectivity index (χ2v) is 6.41. The molecule has 0 radical (unpaired) electrons. The van der Waals surface area contributed by atoms with Crippen molar-refractivity contribution < 1.29 is 13.9 Å². The van der Waals surface area contributed by atoms with E-state index in [0.29, 0.717) is 18.2 Å². The van der Waals surface area contributed by atoms with Crippen molar-refractivity contribution in [3.8, 4) is 0 Å². The smallest absolute Gasteiger partial charge is 0.327 e. The van der Waals surface area contributed by atoms with E-state index < -0.39 is 0 Å². The molecule has 0 fully saturated rings. The molecule has 30 heavy (non-hydrogen) atoms. The van der Waals surface area contributed by atoms with Crippen LogP contribution in [0.5, 0.6) is 0 Å². The van der Waals surface area contributed by atoms with E-state index in [4.69, 9.17) is 9.15 Å². The minimum absolute atomic E-state index is 0.336. The normalized spacial score (nSPS) is 10.8. The quantitative estimate of drug-likeness (QED) is 0.287. The third-order valence-corrected chi connectivity index (χ3v) is 4.48. The fraction of sp³-hybridized carbons (Fsp3) is 0.0417. The zero-order valence-electron chi connectivity index (χ0n) is 16.1. The van der Waals surface area contributed by atoms with E-state index in [0.717, 1.165) is 28.8 Å². The van der Waals surface area contributed by atoms with Crippen molar-refractivity contribution in [2.75, 3.05) is 4.90 Å². The maximum absolute atomic E-state index is 11.1. The van der Waals surface area contributed by atoms with Crippen LogP contribution in [0.25, 0.3) is 6.08 Å². The van der Waals surface area contributed by atoms with E-state index in [1.807, 2.05) is 83.8 Å². The molecule has 148 valence electrons. The lowest BCUT2D eigenvalue weighted by molar-refractivity contribution is 0.112. The van der Waals surface area contributed by atoms with Crippen LogP contribution < -0.4 is 4.90 Å². The fourth-order valence-electron chi connectivity index (χ4n) is 2.99. The number of carbonyl (C=O) groups excluding carboxylic acids is 1. The summed E-state index contributed by atoms with van der Waals surface area (Å²) in [6.45, 7) is 0.336. The molecule has 0 aliphatic heterocycles.